The zero-order chi connectivity index (χ0) is 14.0. The molecule has 0 radical (unpaired) electrons. The maximum absolute atomic E-state index is 12.4. The summed E-state index contributed by atoms with van der Waals surface area (Å²) in [6, 6.07) is 1.14. The van der Waals surface area contributed by atoms with Crippen molar-refractivity contribution in [1.29, 1.82) is 0 Å². The number of H-pyrrole nitrogens is 1. The predicted molar refractivity (Wildman–Crippen MR) is 59.6 cm³/mol. The van der Waals surface area contributed by atoms with Crippen LogP contribution in [0, 0.1) is 0 Å². The van der Waals surface area contributed by atoms with Crippen molar-refractivity contribution >= 4 is 17.5 Å². The van der Waals surface area contributed by atoms with E-state index in [2.05, 4.69) is 25.5 Å². The van der Waals surface area contributed by atoms with Crippen LogP contribution in [0.1, 0.15) is 5.56 Å². The number of hydrogen-bond acceptors (Lipinski definition) is 6. The van der Waals surface area contributed by atoms with Crippen LogP contribution in [0.25, 0.3) is 0 Å². The number of nitrogens with one attached hydrogen (secondary N) is 2. The molecular weight excluding hydrogens is 265 g/mol. The number of nitrogen functional groups attached to an aromatic ring is 1. The number of hydrogen-bond donors (Lipinski definition) is 3. The van der Waals surface area contributed by atoms with Crippen LogP contribution in [-0.2, 0) is 6.18 Å². The molecule has 100 valence electrons. The van der Waals surface area contributed by atoms with E-state index in [9.17, 15) is 18.0 Å². The molecular formula is C9H7F3N6O. The van der Waals surface area contributed by atoms with Crippen molar-refractivity contribution in [1.82, 2.24) is 20.2 Å². The first kappa shape index (κ1) is 12.8. The Kier molecular flexibility index (Phi) is 3.07. The van der Waals surface area contributed by atoms with Gasteiger partial charge in [-0.05, 0) is 0 Å². The zero-order valence-electron chi connectivity index (χ0n) is 9.19. The molecule has 0 amide bonds. The molecule has 19 heavy (non-hydrogen) atoms. The highest BCUT2D eigenvalue weighted by Gasteiger charge is 2.34. The second-order valence-electron chi connectivity index (χ2n) is 3.45. The van der Waals surface area contributed by atoms with E-state index in [1.807, 2.05) is 0 Å². The molecule has 7 nitrogen and oxygen atoms in total. The molecule has 0 atom stereocenters. The summed E-state index contributed by atoms with van der Waals surface area (Å²) in [5.41, 5.74) is 3.82. The van der Waals surface area contributed by atoms with Gasteiger partial charge in [-0.1, -0.05) is 0 Å². The Morgan fingerprint density at radius 1 is 1.32 bits per heavy atom. The Labute approximate surface area is 103 Å². The summed E-state index contributed by atoms with van der Waals surface area (Å²) >= 11 is 0. The van der Waals surface area contributed by atoms with Gasteiger partial charge in [0.15, 0.2) is 0 Å². The number of rotatable bonds is 2. The van der Waals surface area contributed by atoms with E-state index in [0.29, 0.717) is 6.20 Å². The van der Waals surface area contributed by atoms with Crippen LogP contribution < -0.4 is 16.6 Å². The third kappa shape index (κ3) is 2.97. The lowest BCUT2D eigenvalue weighted by Crippen LogP contribution is -2.13. The molecule has 0 saturated carbocycles. The van der Waals surface area contributed by atoms with Gasteiger partial charge in [0.25, 0.3) is 5.56 Å². The van der Waals surface area contributed by atoms with E-state index in [-0.39, 0.29) is 11.6 Å². The van der Waals surface area contributed by atoms with E-state index < -0.39 is 23.1 Å². The fraction of sp³-hybridized carbons (Fsp3) is 0.111. The van der Waals surface area contributed by atoms with Gasteiger partial charge in [-0.2, -0.15) is 23.3 Å². The third-order valence-corrected chi connectivity index (χ3v) is 2.04. The Bertz CT molecular complexity index is 653. The van der Waals surface area contributed by atoms with Gasteiger partial charge in [0.1, 0.15) is 11.4 Å². The van der Waals surface area contributed by atoms with Gasteiger partial charge in [-0.25, -0.2) is 10.1 Å². The summed E-state index contributed by atoms with van der Waals surface area (Å²) < 4.78 is 37.3. The number of nitrogens with two attached hydrogens (primary N) is 1. The normalized spacial score (nSPS) is 11.3. The molecule has 0 bridgehead atoms. The molecule has 0 unspecified atom stereocenters. The van der Waals surface area contributed by atoms with Gasteiger partial charge in [-0.15, -0.1) is 0 Å². The Hall–Kier alpha value is -2.65. The zero-order valence-corrected chi connectivity index (χ0v) is 9.19. The second kappa shape index (κ2) is 4.55. The fourth-order valence-electron chi connectivity index (χ4n) is 1.25. The lowest BCUT2D eigenvalue weighted by atomic mass is 10.3. The average molecular weight is 272 g/mol. The number of nitrogens with zero attached hydrogens (tertiary/aromatic N) is 3. The van der Waals surface area contributed by atoms with Crippen LogP contribution in [0.15, 0.2) is 23.3 Å². The SMILES string of the molecule is Nc1nc(Nc2cn[nH]c(=O)c2)ncc1C(F)(F)F. The summed E-state index contributed by atoms with van der Waals surface area (Å²) in [6.07, 6.45) is -2.81. The van der Waals surface area contributed by atoms with Crippen molar-refractivity contribution in [3.05, 3.63) is 34.4 Å². The monoisotopic (exact) mass is 272 g/mol. The molecule has 0 fully saturated rings. The fourth-order valence-corrected chi connectivity index (χ4v) is 1.25. The predicted octanol–water partition coefficient (Wildman–Crippen LogP) is 0.904. The van der Waals surface area contributed by atoms with Crippen molar-refractivity contribution in [3.8, 4) is 0 Å². The standard InChI is InChI=1S/C9H7F3N6O/c10-9(11,12)5-3-14-8(17-7(5)13)16-4-1-6(19)18-15-2-4/h1-3H,(H4,13,14,16,17,18,19). The van der Waals surface area contributed by atoms with E-state index in [4.69, 9.17) is 5.73 Å². The smallest absolute Gasteiger partial charge is 0.383 e. The van der Waals surface area contributed by atoms with Crippen molar-refractivity contribution in [2.24, 2.45) is 0 Å². The van der Waals surface area contributed by atoms with E-state index in [1.165, 1.54) is 6.20 Å². The Morgan fingerprint density at radius 2 is 2.05 bits per heavy atom. The lowest BCUT2D eigenvalue weighted by molar-refractivity contribution is -0.137. The molecule has 0 spiro atoms. The third-order valence-electron chi connectivity index (χ3n) is 2.04. The van der Waals surface area contributed by atoms with Gasteiger partial charge in [0.05, 0.1) is 11.9 Å². The minimum atomic E-state index is -4.62. The number of alkyl halides is 3. The highest BCUT2D eigenvalue weighted by atomic mass is 19.4. The molecule has 10 heteroatoms. The highest BCUT2D eigenvalue weighted by Crippen LogP contribution is 2.32. The molecule has 0 aliphatic carbocycles. The maximum atomic E-state index is 12.4. The van der Waals surface area contributed by atoms with Crippen LogP contribution in [0.2, 0.25) is 0 Å². The van der Waals surface area contributed by atoms with E-state index in [0.717, 1.165) is 6.07 Å². The lowest BCUT2D eigenvalue weighted by Gasteiger charge is -2.10. The van der Waals surface area contributed by atoms with Gasteiger partial charge < -0.3 is 11.1 Å². The summed E-state index contributed by atoms with van der Waals surface area (Å²) in [5, 5.41) is 8.14. The minimum Gasteiger partial charge on any atom is -0.383 e. The Morgan fingerprint density at radius 3 is 2.63 bits per heavy atom. The van der Waals surface area contributed by atoms with Crippen molar-refractivity contribution in [2.45, 2.75) is 6.18 Å². The summed E-state index contributed by atoms with van der Waals surface area (Å²) in [5.74, 6) is -0.874. The van der Waals surface area contributed by atoms with Crippen LogP contribution >= 0.6 is 0 Å². The van der Waals surface area contributed by atoms with Crippen molar-refractivity contribution < 1.29 is 13.2 Å². The quantitative estimate of drug-likeness (QED) is 0.749. The van der Waals surface area contributed by atoms with Crippen LogP contribution in [0.5, 0.6) is 0 Å². The average Bonchev–Trinajstić information content (AvgIpc) is 2.27. The maximum Gasteiger partial charge on any atom is 0.421 e. The molecule has 0 aliphatic heterocycles. The largest absolute Gasteiger partial charge is 0.421 e. The summed E-state index contributed by atoms with van der Waals surface area (Å²) in [4.78, 5) is 17.9. The highest BCUT2D eigenvalue weighted by molar-refractivity contribution is 5.53. The number of aromatic amines is 1. The first-order chi connectivity index (χ1) is 8.86. The summed E-state index contributed by atoms with van der Waals surface area (Å²) in [7, 11) is 0. The van der Waals surface area contributed by atoms with Crippen LogP contribution in [0.3, 0.4) is 0 Å². The first-order valence-electron chi connectivity index (χ1n) is 4.88. The molecule has 0 saturated heterocycles. The molecule has 0 aromatic carbocycles. The van der Waals surface area contributed by atoms with Crippen LogP contribution in [-0.4, -0.2) is 20.2 Å². The number of aromatic nitrogens is 4. The summed E-state index contributed by atoms with van der Waals surface area (Å²) in [6.45, 7) is 0. The van der Waals surface area contributed by atoms with Crippen LogP contribution in [0.4, 0.5) is 30.6 Å². The molecule has 2 aromatic heterocycles. The molecule has 2 rings (SSSR count). The molecule has 0 aliphatic rings. The minimum absolute atomic E-state index is 0.169. The second-order valence-corrected chi connectivity index (χ2v) is 3.45. The first-order valence-corrected chi connectivity index (χ1v) is 4.88. The molecule has 4 N–H and O–H groups in total. The van der Waals surface area contributed by atoms with Gasteiger partial charge >= 0.3 is 6.18 Å². The number of anilines is 3. The van der Waals surface area contributed by atoms with Gasteiger partial charge in [-0.3, -0.25) is 4.79 Å². The number of halogens is 3. The molecule has 2 heterocycles. The van der Waals surface area contributed by atoms with E-state index in [1.54, 1.807) is 0 Å². The Balaban J connectivity index is 2.28. The van der Waals surface area contributed by atoms with Crippen molar-refractivity contribution in [3.63, 3.8) is 0 Å². The van der Waals surface area contributed by atoms with E-state index >= 15 is 0 Å². The topological polar surface area (TPSA) is 110 Å². The van der Waals surface area contributed by atoms with Crippen molar-refractivity contribution in [2.75, 3.05) is 11.1 Å². The van der Waals surface area contributed by atoms with Gasteiger partial charge in [0, 0.05) is 12.3 Å². The molecule has 2 aromatic rings. The van der Waals surface area contributed by atoms with Gasteiger partial charge in [0.2, 0.25) is 5.95 Å².